The Hall–Kier alpha value is -3.29. The average Bonchev–Trinajstić information content (AvgIpc) is 3.38. The molecule has 0 bridgehead atoms. The Balaban J connectivity index is 1.74. The van der Waals surface area contributed by atoms with Crippen LogP contribution in [0.5, 0.6) is 5.88 Å². The third kappa shape index (κ3) is 3.25. The molecule has 1 aliphatic carbocycles. The highest BCUT2D eigenvalue weighted by Gasteiger charge is 2.43. The number of rotatable bonds is 4. The summed E-state index contributed by atoms with van der Waals surface area (Å²) in [5, 5.41) is 4.09. The van der Waals surface area contributed by atoms with E-state index in [1.807, 2.05) is 13.0 Å². The van der Waals surface area contributed by atoms with E-state index in [1.165, 1.54) is 0 Å². The number of aromatic nitrogens is 3. The van der Waals surface area contributed by atoms with Crippen LogP contribution in [0.4, 0.5) is 16.0 Å². The minimum Gasteiger partial charge on any atom is -0.481 e. The maximum absolute atomic E-state index is 13.1. The molecule has 3 aromatic heterocycles. The van der Waals surface area contributed by atoms with E-state index in [1.54, 1.807) is 31.6 Å². The molecule has 7 nitrogen and oxygen atoms in total. The number of nitrogens with zero attached hydrogens (tertiary/aromatic N) is 3. The smallest absolute Gasteiger partial charge is 0.231 e. The standard InChI is InChI=1S/C19H18FN5O2/c1-9-7-23-17(27-2)6-11(9)15-3-10-4-16(22-8-13(10)18(21)24-15)25-19(26)12-5-14(12)20/h3-4,6-8,12,14H,5H2,1-2H3,(H2,21,24)(H,22,25,26)/t12-,14+/m0/s1. The molecule has 0 unspecified atom stereocenters. The van der Waals surface area contributed by atoms with E-state index >= 15 is 0 Å². The van der Waals surface area contributed by atoms with Crippen molar-refractivity contribution >= 4 is 28.3 Å². The normalized spacial score (nSPS) is 18.3. The number of nitrogens with two attached hydrogens (primary N) is 1. The van der Waals surface area contributed by atoms with Gasteiger partial charge in [0, 0.05) is 29.4 Å². The van der Waals surface area contributed by atoms with Crippen molar-refractivity contribution in [3.05, 3.63) is 36.2 Å². The van der Waals surface area contributed by atoms with Crippen molar-refractivity contribution in [3.63, 3.8) is 0 Å². The van der Waals surface area contributed by atoms with Crippen LogP contribution >= 0.6 is 0 Å². The van der Waals surface area contributed by atoms with Crippen LogP contribution in [-0.4, -0.2) is 34.1 Å². The summed E-state index contributed by atoms with van der Waals surface area (Å²) in [4.78, 5) is 24.8. The zero-order valence-corrected chi connectivity index (χ0v) is 14.9. The fraction of sp³-hybridized carbons (Fsp3) is 0.263. The molecule has 3 N–H and O–H groups in total. The van der Waals surface area contributed by atoms with Crippen LogP contribution in [0.3, 0.4) is 0 Å². The molecule has 1 fully saturated rings. The summed E-state index contributed by atoms with van der Waals surface area (Å²) >= 11 is 0. The molecule has 3 aromatic rings. The van der Waals surface area contributed by atoms with Crippen molar-refractivity contribution in [2.45, 2.75) is 19.5 Å². The highest BCUT2D eigenvalue weighted by atomic mass is 19.1. The second-order valence-electron chi connectivity index (χ2n) is 6.57. The van der Waals surface area contributed by atoms with Gasteiger partial charge < -0.3 is 15.8 Å². The summed E-state index contributed by atoms with van der Waals surface area (Å²) in [6.45, 7) is 1.92. The predicted molar refractivity (Wildman–Crippen MR) is 100 cm³/mol. The number of aryl methyl sites for hydroxylation is 1. The van der Waals surface area contributed by atoms with Crippen LogP contribution in [-0.2, 0) is 4.79 Å². The number of hydrogen-bond donors (Lipinski definition) is 2. The lowest BCUT2D eigenvalue weighted by atomic mass is 10.1. The molecule has 0 spiro atoms. The van der Waals surface area contributed by atoms with Crippen molar-refractivity contribution in [1.82, 2.24) is 15.0 Å². The highest BCUT2D eigenvalue weighted by Crippen LogP contribution is 2.35. The minimum atomic E-state index is -1.05. The lowest BCUT2D eigenvalue weighted by Crippen LogP contribution is -2.15. The molecule has 4 rings (SSSR count). The number of hydrogen-bond acceptors (Lipinski definition) is 6. The van der Waals surface area contributed by atoms with Gasteiger partial charge in [-0.25, -0.2) is 19.3 Å². The van der Waals surface area contributed by atoms with Gasteiger partial charge in [0.1, 0.15) is 17.8 Å². The van der Waals surface area contributed by atoms with Crippen LogP contribution in [0.25, 0.3) is 22.0 Å². The van der Waals surface area contributed by atoms with Gasteiger partial charge in [0.25, 0.3) is 0 Å². The maximum Gasteiger partial charge on any atom is 0.231 e. The zero-order valence-electron chi connectivity index (χ0n) is 14.9. The molecule has 27 heavy (non-hydrogen) atoms. The first-order valence-corrected chi connectivity index (χ1v) is 8.48. The van der Waals surface area contributed by atoms with Crippen LogP contribution < -0.4 is 15.8 Å². The van der Waals surface area contributed by atoms with Gasteiger partial charge in [-0.2, -0.15) is 0 Å². The van der Waals surface area contributed by atoms with Crippen molar-refractivity contribution in [2.24, 2.45) is 5.92 Å². The molecule has 0 aliphatic heterocycles. The number of carbonyl (C=O) groups is 1. The largest absolute Gasteiger partial charge is 0.481 e. The Morgan fingerprint density at radius 2 is 2.07 bits per heavy atom. The molecular weight excluding hydrogens is 349 g/mol. The average molecular weight is 367 g/mol. The number of pyridine rings is 3. The van der Waals surface area contributed by atoms with Crippen molar-refractivity contribution in [2.75, 3.05) is 18.2 Å². The second kappa shape index (κ2) is 6.46. The summed E-state index contributed by atoms with van der Waals surface area (Å²) in [6.07, 6.45) is 2.47. The lowest BCUT2D eigenvalue weighted by Gasteiger charge is -2.11. The number of alkyl halides is 1. The van der Waals surface area contributed by atoms with Crippen molar-refractivity contribution < 1.29 is 13.9 Å². The lowest BCUT2D eigenvalue weighted by molar-refractivity contribution is -0.117. The number of nitrogens with one attached hydrogen (secondary N) is 1. The molecular formula is C19H18FN5O2. The molecule has 0 saturated heterocycles. The van der Waals surface area contributed by atoms with Crippen LogP contribution in [0.1, 0.15) is 12.0 Å². The third-order valence-electron chi connectivity index (χ3n) is 4.61. The molecule has 0 aromatic carbocycles. The Labute approximate surface area is 154 Å². The summed E-state index contributed by atoms with van der Waals surface area (Å²) in [5.41, 5.74) is 8.53. The van der Waals surface area contributed by atoms with E-state index in [4.69, 9.17) is 10.5 Å². The fourth-order valence-electron chi connectivity index (χ4n) is 2.93. The van der Waals surface area contributed by atoms with Crippen LogP contribution in [0.2, 0.25) is 0 Å². The minimum absolute atomic E-state index is 0.267. The Bertz CT molecular complexity index is 1060. The van der Waals surface area contributed by atoms with Gasteiger partial charge in [-0.05, 0) is 36.4 Å². The summed E-state index contributed by atoms with van der Waals surface area (Å²) in [7, 11) is 1.55. The Morgan fingerprint density at radius 1 is 1.30 bits per heavy atom. The number of methoxy groups -OCH3 is 1. The molecule has 1 aliphatic rings. The first-order chi connectivity index (χ1) is 13.0. The van der Waals surface area contributed by atoms with Gasteiger partial charge in [-0.3, -0.25) is 4.79 Å². The van der Waals surface area contributed by atoms with Gasteiger partial charge in [0.05, 0.1) is 18.7 Å². The maximum atomic E-state index is 13.1. The summed E-state index contributed by atoms with van der Waals surface area (Å²) < 4.78 is 18.2. The second-order valence-corrected chi connectivity index (χ2v) is 6.57. The van der Waals surface area contributed by atoms with Gasteiger partial charge in [0.15, 0.2) is 0 Å². The van der Waals surface area contributed by atoms with Gasteiger partial charge in [0.2, 0.25) is 11.8 Å². The van der Waals surface area contributed by atoms with E-state index in [0.717, 1.165) is 16.5 Å². The van der Waals surface area contributed by atoms with Crippen molar-refractivity contribution in [3.8, 4) is 17.1 Å². The zero-order chi connectivity index (χ0) is 19.1. The predicted octanol–water partition coefficient (Wildman–Crippen LogP) is 2.89. The van der Waals surface area contributed by atoms with Crippen molar-refractivity contribution in [1.29, 1.82) is 0 Å². The Morgan fingerprint density at radius 3 is 2.78 bits per heavy atom. The van der Waals surface area contributed by atoms with E-state index in [2.05, 4.69) is 20.3 Å². The molecule has 8 heteroatoms. The first-order valence-electron chi connectivity index (χ1n) is 8.48. The number of fused-ring (bicyclic) bond motifs is 1. The number of ether oxygens (including phenoxy) is 1. The quantitative estimate of drug-likeness (QED) is 0.735. The van der Waals surface area contributed by atoms with Crippen LogP contribution in [0.15, 0.2) is 30.6 Å². The molecule has 1 saturated carbocycles. The van der Waals surface area contributed by atoms with Crippen LogP contribution in [0, 0.1) is 12.8 Å². The Kier molecular flexibility index (Phi) is 4.10. The van der Waals surface area contributed by atoms with Gasteiger partial charge in [-0.1, -0.05) is 0 Å². The van der Waals surface area contributed by atoms with E-state index in [9.17, 15) is 9.18 Å². The monoisotopic (exact) mass is 367 g/mol. The number of amides is 1. The molecule has 0 radical (unpaired) electrons. The van der Waals surface area contributed by atoms with E-state index in [0.29, 0.717) is 28.6 Å². The molecule has 1 amide bonds. The van der Waals surface area contributed by atoms with E-state index in [-0.39, 0.29) is 12.3 Å². The van der Waals surface area contributed by atoms with Gasteiger partial charge in [-0.15, -0.1) is 0 Å². The number of anilines is 2. The van der Waals surface area contributed by atoms with Gasteiger partial charge >= 0.3 is 0 Å². The van der Waals surface area contributed by atoms with E-state index < -0.39 is 12.1 Å². The summed E-state index contributed by atoms with van der Waals surface area (Å²) in [5.74, 6) is 0.226. The third-order valence-corrected chi connectivity index (χ3v) is 4.61. The summed E-state index contributed by atoms with van der Waals surface area (Å²) in [6, 6.07) is 5.36. The number of nitrogen functional groups attached to an aromatic ring is 1. The highest BCUT2D eigenvalue weighted by molar-refractivity contribution is 5.98. The SMILES string of the molecule is COc1cc(-c2cc3cc(NC(=O)[C@H]4C[C@H]4F)ncc3c(N)n2)c(C)cn1. The molecule has 2 atom stereocenters. The molecule has 3 heterocycles. The number of carbonyl (C=O) groups excluding carboxylic acids is 1. The first kappa shape index (κ1) is 17.1. The fourth-order valence-corrected chi connectivity index (χ4v) is 2.93. The number of halogens is 1. The molecule has 138 valence electrons. The topological polar surface area (TPSA) is 103 Å².